The fourth-order valence-electron chi connectivity index (χ4n) is 2.81. The standard InChI is InChI=1S/C20H22N4O3/c1-13-5-10-17(14(2)11-13)21-20(25)19-18(12-26-3)24(23-22-19)15-6-8-16(27-4)9-7-15/h5-11H,12H2,1-4H3,(H,21,25). The summed E-state index contributed by atoms with van der Waals surface area (Å²) in [6.07, 6.45) is 0. The van der Waals surface area contributed by atoms with Gasteiger partial charge in [0.1, 0.15) is 11.4 Å². The molecule has 0 saturated carbocycles. The van der Waals surface area contributed by atoms with Gasteiger partial charge >= 0.3 is 0 Å². The van der Waals surface area contributed by atoms with Gasteiger partial charge in [-0.1, -0.05) is 22.9 Å². The number of anilines is 1. The predicted octanol–water partition coefficient (Wildman–Crippen LogP) is 3.29. The molecule has 140 valence electrons. The van der Waals surface area contributed by atoms with Crippen molar-refractivity contribution >= 4 is 11.6 Å². The van der Waals surface area contributed by atoms with Crippen LogP contribution in [-0.4, -0.2) is 35.1 Å². The van der Waals surface area contributed by atoms with E-state index in [1.165, 1.54) is 0 Å². The van der Waals surface area contributed by atoms with Gasteiger partial charge in [0.2, 0.25) is 0 Å². The van der Waals surface area contributed by atoms with Gasteiger partial charge in [-0.25, -0.2) is 4.68 Å². The van der Waals surface area contributed by atoms with Crippen LogP contribution in [0.5, 0.6) is 5.75 Å². The normalized spacial score (nSPS) is 10.7. The molecule has 0 aliphatic carbocycles. The van der Waals surface area contributed by atoms with Gasteiger partial charge in [-0.3, -0.25) is 4.79 Å². The minimum absolute atomic E-state index is 0.203. The Morgan fingerprint density at radius 2 is 1.85 bits per heavy atom. The average molecular weight is 366 g/mol. The zero-order valence-corrected chi connectivity index (χ0v) is 15.8. The summed E-state index contributed by atoms with van der Waals surface area (Å²) in [5, 5.41) is 11.1. The number of rotatable bonds is 6. The summed E-state index contributed by atoms with van der Waals surface area (Å²) in [6, 6.07) is 13.2. The van der Waals surface area contributed by atoms with E-state index in [9.17, 15) is 4.79 Å². The quantitative estimate of drug-likeness (QED) is 0.724. The molecule has 3 rings (SSSR count). The first-order chi connectivity index (χ1) is 13.0. The number of methoxy groups -OCH3 is 2. The molecular weight excluding hydrogens is 344 g/mol. The van der Waals surface area contributed by atoms with Crippen molar-refractivity contribution in [3.8, 4) is 11.4 Å². The Morgan fingerprint density at radius 1 is 1.11 bits per heavy atom. The predicted molar refractivity (Wildman–Crippen MR) is 102 cm³/mol. The van der Waals surface area contributed by atoms with Crippen molar-refractivity contribution in [1.29, 1.82) is 0 Å². The monoisotopic (exact) mass is 366 g/mol. The number of hydrogen-bond donors (Lipinski definition) is 1. The molecule has 1 amide bonds. The second-order valence-corrected chi connectivity index (χ2v) is 6.20. The Hall–Kier alpha value is -3.19. The Balaban J connectivity index is 1.92. The van der Waals surface area contributed by atoms with E-state index in [0.717, 1.165) is 28.3 Å². The Labute approximate surface area is 157 Å². The highest BCUT2D eigenvalue weighted by atomic mass is 16.5. The Kier molecular flexibility index (Phi) is 5.52. The van der Waals surface area contributed by atoms with E-state index in [4.69, 9.17) is 9.47 Å². The number of amides is 1. The number of hydrogen-bond acceptors (Lipinski definition) is 5. The first kappa shape index (κ1) is 18.6. The molecule has 0 fully saturated rings. The average Bonchev–Trinajstić information content (AvgIpc) is 3.08. The van der Waals surface area contributed by atoms with Crippen LogP contribution in [0.25, 0.3) is 5.69 Å². The third kappa shape index (κ3) is 3.98. The first-order valence-electron chi connectivity index (χ1n) is 8.50. The molecule has 1 N–H and O–H groups in total. The number of benzene rings is 2. The van der Waals surface area contributed by atoms with E-state index in [1.54, 1.807) is 18.9 Å². The number of ether oxygens (including phenoxy) is 2. The lowest BCUT2D eigenvalue weighted by Gasteiger charge is -2.10. The molecule has 0 aliphatic rings. The molecule has 2 aromatic carbocycles. The number of aromatic nitrogens is 3. The maximum atomic E-state index is 12.8. The van der Waals surface area contributed by atoms with Crippen molar-refractivity contribution in [2.24, 2.45) is 0 Å². The highest BCUT2D eigenvalue weighted by molar-refractivity contribution is 6.04. The summed E-state index contributed by atoms with van der Waals surface area (Å²) >= 11 is 0. The Bertz CT molecular complexity index is 948. The largest absolute Gasteiger partial charge is 0.497 e. The number of carbonyl (C=O) groups excluding carboxylic acids is 1. The summed E-state index contributed by atoms with van der Waals surface area (Å²) < 4.78 is 12.0. The number of carbonyl (C=O) groups is 1. The summed E-state index contributed by atoms with van der Waals surface area (Å²) in [7, 11) is 3.17. The van der Waals surface area contributed by atoms with Gasteiger partial charge in [0.15, 0.2) is 5.69 Å². The first-order valence-corrected chi connectivity index (χ1v) is 8.50. The lowest BCUT2D eigenvalue weighted by atomic mass is 10.1. The molecular formula is C20H22N4O3. The van der Waals surface area contributed by atoms with Gasteiger partial charge < -0.3 is 14.8 Å². The van der Waals surface area contributed by atoms with E-state index in [2.05, 4.69) is 15.6 Å². The number of aryl methyl sites for hydroxylation is 2. The number of nitrogens with zero attached hydrogens (tertiary/aromatic N) is 3. The zero-order chi connectivity index (χ0) is 19.4. The summed E-state index contributed by atoms with van der Waals surface area (Å²) in [5.41, 5.74) is 4.43. The topological polar surface area (TPSA) is 78.3 Å². The van der Waals surface area contributed by atoms with Crippen molar-refractivity contribution in [3.05, 3.63) is 65.0 Å². The fraction of sp³-hybridized carbons (Fsp3) is 0.250. The molecule has 0 unspecified atom stereocenters. The van der Waals surface area contributed by atoms with Gasteiger partial charge in [-0.05, 0) is 49.7 Å². The maximum Gasteiger partial charge on any atom is 0.278 e. The second-order valence-electron chi connectivity index (χ2n) is 6.20. The minimum Gasteiger partial charge on any atom is -0.497 e. The fourth-order valence-corrected chi connectivity index (χ4v) is 2.81. The van der Waals surface area contributed by atoms with Crippen LogP contribution in [0, 0.1) is 13.8 Å². The van der Waals surface area contributed by atoms with Crippen LogP contribution < -0.4 is 10.1 Å². The summed E-state index contributed by atoms with van der Waals surface area (Å²) in [6.45, 7) is 4.16. The maximum absolute atomic E-state index is 12.8. The smallest absolute Gasteiger partial charge is 0.278 e. The highest BCUT2D eigenvalue weighted by Gasteiger charge is 2.21. The van der Waals surface area contributed by atoms with Crippen molar-refractivity contribution in [2.75, 3.05) is 19.5 Å². The van der Waals surface area contributed by atoms with Crippen LogP contribution in [0.15, 0.2) is 42.5 Å². The van der Waals surface area contributed by atoms with Gasteiger partial charge in [-0.15, -0.1) is 5.10 Å². The molecule has 0 spiro atoms. The minimum atomic E-state index is -0.325. The zero-order valence-electron chi connectivity index (χ0n) is 15.8. The van der Waals surface area contributed by atoms with Crippen LogP contribution in [0.4, 0.5) is 5.69 Å². The van der Waals surface area contributed by atoms with E-state index < -0.39 is 0 Å². The van der Waals surface area contributed by atoms with E-state index >= 15 is 0 Å². The summed E-state index contributed by atoms with van der Waals surface area (Å²) in [4.78, 5) is 12.8. The SMILES string of the molecule is COCc1c(C(=O)Nc2ccc(C)cc2C)nnn1-c1ccc(OC)cc1. The third-order valence-electron chi connectivity index (χ3n) is 4.21. The van der Waals surface area contributed by atoms with Gasteiger partial charge in [-0.2, -0.15) is 0 Å². The lowest BCUT2D eigenvalue weighted by molar-refractivity contribution is 0.101. The molecule has 3 aromatic rings. The van der Waals surface area contributed by atoms with E-state index in [-0.39, 0.29) is 18.2 Å². The molecule has 1 heterocycles. The third-order valence-corrected chi connectivity index (χ3v) is 4.21. The molecule has 7 heteroatoms. The van der Waals surface area contributed by atoms with Gasteiger partial charge in [0.25, 0.3) is 5.91 Å². The molecule has 7 nitrogen and oxygen atoms in total. The highest BCUT2D eigenvalue weighted by Crippen LogP contribution is 2.20. The van der Waals surface area contributed by atoms with Crippen LogP contribution in [0.3, 0.4) is 0 Å². The molecule has 0 atom stereocenters. The molecule has 0 saturated heterocycles. The summed E-state index contributed by atoms with van der Waals surface area (Å²) in [5.74, 6) is 0.411. The van der Waals surface area contributed by atoms with Crippen molar-refractivity contribution in [3.63, 3.8) is 0 Å². The van der Waals surface area contributed by atoms with Crippen LogP contribution >= 0.6 is 0 Å². The second kappa shape index (κ2) is 8.01. The van der Waals surface area contributed by atoms with Gasteiger partial charge in [0, 0.05) is 12.8 Å². The van der Waals surface area contributed by atoms with Crippen molar-refractivity contribution in [2.45, 2.75) is 20.5 Å². The lowest BCUT2D eigenvalue weighted by Crippen LogP contribution is -2.16. The molecule has 0 bridgehead atoms. The number of nitrogens with one attached hydrogen (secondary N) is 1. The molecule has 1 aromatic heterocycles. The molecule has 27 heavy (non-hydrogen) atoms. The molecule has 0 radical (unpaired) electrons. The molecule has 0 aliphatic heterocycles. The van der Waals surface area contributed by atoms with E-state index in [1.807, 2.05) is 56.3 Å². The Morgan fingerprint density at radius 3 is 2.48 bits per heavy atom. The van der Waals surface area contributed by atoms with Crippen LogP contribution in [0.1, 0.15) is 27.3 Å². The van der Waals surface area contributed by atoms with Crippen molar-refractivity contribution < 1.29 is 14.3 Å². The van der Waals surface area contributed by atoms with Crippen molar-refractivity contribution in [1.82, 2.24) is 15.0 Å². The van der Waals surface area contributed by atoms with E-state index in [0.29, 0.717) is 5.69 Å². The van der Waals surface area contributed by atoms with Crippen LogP contribution in [-0.2, 0) is 11.3 Å². The van der Waals surface area contributed by atoms with Gasteiger partial charge in [0.05, 0.1) is 19.4 Å². The van der Waals surface area contributed by atoms with Crippen LogP contribution in [0.2, 0.25) is 0 Å².